The summed E-state index contributed by atoms with van der Waals surface area (Å²) in [5, 5.41) is 8.62. The SMILES string of the molecule is CC1NCCC1C(=O)Nc1nccs1. The third kappa shape index (κ3) is 1.93. The van der Waals surface area contributed by atoms with Crippen molar-refractivity contribution in [3.63, 3.8) is 0 Å². The molecule has 5 heteroatoms. The van der Waals surface area contributed by atoms with Gasteiger partial charge in [-0.3, -0.25) is 4.79 Å². The van der Waals surface area contributed by atoms with Crippen molar-refractivity contribution in [1.29, 1.82) is 0 Å². The predicted molar refractivity (Wildman–Crippen MR) is 56.3 cm³/mol. The van der Waals surface area contributed by atoms with Crippen LogP contribution in [0.25, 0.3) is 0 Å². The van der Waals surface area contributed by atoms with Gasteiger partial charge in [0.15, 0.2) is 5.13 Å². The molecule has 1 fully saturated rings. The lowest BCUT2D eigenvalue weighted by Gasteiger charge is -2.13. The fraction of sp³-hybridized carbons (Fsp3) is 0.556. The van der Waals surface area contributed by atoms with Crippen LogP contribution in [0.4, 0.5) is 5.13 Å². The number of aromatic nitrogens is 1. The highest BCUT2D eigenvalue weighted by atomic mass is 32.1. The van der Waals surface area contributed by atoms with Crippen molar-refractivity contribution in [3.05, 3.63) is 11.6 Å². The van der Waals surface area contributed by atoms with E-state index in [4.69, 9.17) is 0 Å². The lowest BCUT2D eigenvalue weighted by molar-refractivity contribution is -0.119. The Morgan fingerprint density at radius 2 is 2.64 bits per heavy atom. The van der Waals surface area contributed by atoms with Gasteiger partial charge in [0.05, 0.1) is 5.92 Å². The van der Waals surface area contributed by atoms with Crippen LogP contribution in [0.2, 0.25) is 0 Å². The molecule has 1 aromatic heterocycles. The predicted octanol–water partition coefficient (Wildman–Crippen LogP) is 1.08. The van der Waals surface area contributed by atoms with Gasteiger partial charge in [-0.25, -0.2) is 4.98 Å². The first-order valence-electron chi connectivity index (χ1n) is 4.71. The van der Waals surface area contributed by atoms with Crippen LogP contribution in [0.1, 0.15) is 13.3 Å². The molecule has 1 aliphatic rings. The van der Waals surface area contributed by atoms with Crippen molar-refractivity contribution < 1.29 is 4.79 Å². The highest BCUT2D eigenvalue weighted by molar-refractivity contribution is 7.13. The molecule has 76 valence electrons. The Labute approximate surface area is 86.7 Å². The molecular weight excluding hydrogens is 198 g/mol. The van der Waals surface area contributed by atoms with Gasteiger partial charge in [0.25, 0.3) is 0 Å². The van der Waals surface area contributed by atoms with E-state index in [9.17, 15) is 4.79 Å². The topological polar surface area (TPSA) is 54.0 Å². The van der Waals surface area contributed by atoms with E-state index in [-0.39, 0.29) is 17.9 Å². The second-order valence-electron chi connectivity index (χ2n) is 3.46. The molecule has 2 N–H and O–H groups in total. The number of hydrogen-bond acceptors (Lipinski definition) is 4. The van der Waals surface area contributed by atoms with Gasteiger partial charge >= 0.3 is 0 Å². The van der Waals surface area contributed by atoms with Crippen LogP contribution in [-0.4, -0.2) is 23.5 Å². The maximum Gasteiger partial charge on any atom is 0.230 e. The quantitative estimate of drug-likeness (QED) is 0.769. The first-order chi connectivity index (χ1) is 6.77. The Hall–Kier alpha value is -0.940. The summed E-state index contributed by atoms with van der Waals surface area (Å²) >= 11 is 1.45. The Bertz CT molecular complexity index is 312. The van der Waals surface area contributed by atoms with Crippen LogP contribution in [0, 0.1) is 5.92 Å². The molecule has 14 heavy (non-hydrogen) atoms. The molecule has 0 spiro atoms. The smallest absolute Gasteiger partial charge is 0.230 e. The van der Waals surface area contributed by atoms with Gasteiger partial charge in [-0.05, 0) is 19.9 Å². The molecule has 4 nitrogen and oxygen atoms in total. The van der Waals surface area contributed by atoms with Crippen LogP contribution in [0.5, 0.6) is 0 Å². The molecule has 0 aromatic carbocycles. The molecule has 1 amide bonds. The number of nitrogens with zero attached hydrogens (tertiary/aromatic N) is 1. The maximum atomic E-state index is 11.7. The minimum Gasteiger partial charge on any atom is -0.313 e. The Balaban J connectivity index is 1.95. The number of anilines is 1. The normalized spacial score (nSPS) is 26.4. The van der Waals surface area contributed by atoms with Crippen LogP contribution in [0.15, 0.2) is 11.6 Å². The summed E-state index contributed by atoms with van der Waals surface area (Å²) in [4.78, 5) is 15.8. The highest BCUT2D eigenvalue weighted by Gasteiger charge is 2.29. The van der Waals surface area contributed by atoms with Gasteiger partial charge in [0.2, 0.25) is 5.91 Å². The molecule has 1 aromatic rings. The van der Waals surface area contributed by atoms with Crippen molar-refractivity contribution in [2.24, 2.45) is 5.92 Å². The number of carbonyl (C=O) groups excluding carboxylic acids is 1. The van der Waals surface area contributed by atoms with Crippen molar-refractivity contribution in [3.8, 4) is 0 Å². The van der Waals surface area contributed by atoms with E-state index in [0.29, 0.717) is 5.13 Å². The molecule has 0 aliphatic carbocycles. The van der Waals surface area contributed by atoms with Gasteiger partial charge < -0.3 is 10.6 Å². The summed E-state index contributed by atoms with van der Waals surface area (Å²) in [5.41, 5.74) is 0. The molecule has 1 saturated heterocycles. The summed E-state index contributed by atoms with van der Waals surface area (Å²) in [6.45, 7) is 2.97. The van der Waals surface area contributed by atoms with E-state index in [2.05, 4.69) is 15.6 Å². The molecular formula is C9H13N3OS. The van der Waals surface area contributed by atoms with Crippen molar-refractivity contribution >= 4 is 22.4 Å². The van der Waals surface area contributed by atoms with E-state index in [1.807, 2.05) is 12.3 Å². The fourth-order valence-electron chi connectivity index (χ4n) is 1.70. The van der Waals surface area contributed by atoms with Gasteiger partial charge in [0.1, 0.15) is 0 Å². The van der Waals surface area contributed by atoms with Crippen molar-refractivity contribution in [2.75, 3.05) is 11.9 Å². The molecule has 0 bridgehead atoms. The molecule has 0 saturated carbocycles. The number of carbonyl (C=O) groups is 1. The monoisotopic (exact) mass is 211 g/mol. The van der Waals surface area contributed by atoms with E-state index in [0.717, 1.165) is 13.0 Å². The highest BCUT2D eigenvalue weighted by Crippen LogP contribution is 2.18. The number of nitrogens with one attached hydrogen (secondary N) is 2. The molecule has 0 radical (unpaired) electrons. The summed E-state index contributed by atoms with van der Waals surface area (Å²) in [7, 11) is 0. The van der Waals surface area contributed by atoms with E-state index in [1.54, 1.807) is 6.20 Å². The first-order valence-corrected chi connectivity index (χ1v) is 5.59. The standard InChI is InChI=1S/C9H13N3OS/c1-6-7(2-3-10-6)8(13)12-9-11-4-5-14-9/h4-7,10H,2-3H2,1H3,(H,11,12,13). The van der Waals surface area contributed by atoms with E-state index in [1.165, 1.54) is 11.3 Å². The molecule has 2 atom stereocenters. The second-order valence-corrected chi connectivity index (χ2v) is 4.36. The Kier molecular flexibility index (Phi) is 2.79. The number of hydrogen-bond donors (Lipinski definition) is 2. The minimum atomic E-state index is 0.0810. The zero-order chi connectivity index (χ0) is 9.97. The van der Waals surface area contributed by atoms with Gasteiger partial charge in [-0.2, -0.15) is 0 Å². The van der Waals surface area contributed by atoms with Gasteiger partial charge in [0, 0.05) is 17.6 Å². The average molecular weight is 211 g/mol. The van der Waals surface area contributed by atoms with E-state index < -0.39 is 0 Å². The fourth-order valence-corrected chi connectivity index (χ4v) is 2.23. The maximum absolute atomic E-state index is 11.7. The molecule has 2 heterocycles. The zero-order valence-corrected chi connectivity index (χ0v) is 8.80. The van der Waals surface area contributed by atoms with Crippen LogP contribution < -0.4 is 10.6 Å². The third-order valence-corrected chi connectivity index (χ3v) is 3.21. The van der Waals surface area contributed by atoms with Gasteiger partial charge in [-0.15, -0.1) is 11.3 Å². The molecule has 2 rings (SSSR count). The largest absolute Gasteiger partial charge is 0.313 e. The summed E-state index contributed by atoms with van der Waals surface area (Å²) in [5.74, 6) is 0.163. The van der Waals surface area contributed by atoms with Crippen molar-refractivity contribution in [2.45, 2.75) is 19.4 Å². The second kappa shape index (κ2) is 4.06. The average Bonchev–Trinajstić information content (AvgIpc) is 2.75. The van der Waals surface area contributed by atoms with Crippen molar-refractivity contribution in [1.82, 2.24) is 10.3 Å². The zero-order valence-electron chi connectivity index (χ0n) is 7.99. The summed E-state index contributed by atoms with van der Waals surface area (Å²) in [6, 6.07) is 0.273. The van der Waals surface area contributed by atoms with Crippen LogP contribution in [0.3, 0.4) is 0 Å². The van der Waals surface area contributed by atoms with Crippen LogP contribution in [-0.2, 0) is 4.79 Å². The summed E-state index contributed by atoms with van der Waals surface area (Å²) in [6.07, 6.45) is 2.61. The number of thiazole rings is 1. The number of rotatable bonds is 2. The van der Waals surface area contributed by atoms with Gasteiger partial charge in [-0.1, -0.05) is 0 Å². The Morgan fingerprint density at radius 3 is 3.21 bits per heavy atom. The first kappa shape index (κ1) is 9.61. The third-order valence-electron chi connectivity index (χ3n) is 2.52. The lowest BCUT2D eigenvalue weighted by Crippen LogP contribution is -2.31. The lowest BCUT2D eigenvalue weighted by atomic mass is 10.0. The number of amides is 1. The van der Waals surface area contributed by atoms with Crippen LogP contribution >= 0.6 is 11.3 Å². The summed E-state index contributed by atoms with van der Waals surface area (Å²) < 4.78 is 0. The Morgan fingerprint density at radius 1 is 1.79 bits per heavy atom. The molecule has 1 aliphatic heterocycles. The molecule has 2 unspecified atom stereocenters. The minimum absolute atomic E-state index is 0.0810. The van der Waals surface area contributed by atoms with E-state index >= 15 is 0 Å².